The molecule has 0 spiro atoms. The Morgan fingerprint density at radius 3 is 2.09 bits per heavy atom. The van der Waals surface area contributed by atoms with E-state index < -0.39 is 96.9 Å². The number of carboxylic acids is 1. The van der Waals surface area contributed by atoms with Crippen molar-refractivity contribution in [2.75, 3.05) is 6.61 Å². The molecule has 14 nitrogen and oxygen atoms in total. The van der Waals surface area contributed by atoms with Crippen LogP contribution in [0.3, 0.4) is 0 Å². The van der Waals surface area contributed by atoms with Gasteiger partial charge in [-0.15, -0.1) is 0 Å². The number of aliphatic hydroxyl groups is 7. The number of allylic oxidation sites excluding steroid dienone is 2. The van der Waals surface area contributed by atoms with Crippen LogP contribution < -0.4 is 0 Å². The molecule has 8 N–H and O–H groups in total. The topological polar surface area (TPSA) is 233 Å². The van der Waals surface area contributed by atoms with E-state index >= 15 is 0 Å². The summed E-state index contributed by atoms with van der Waals surface area (Å²) in [5.41, 5.74) is -0.417. The van der Waals surface area contributed by atoms with Crippen molar-refractivity contribution in [1.82, 2.24) is 0 Å². The maximum Gasteiger partial charge on any atom is 0.335 e. The lowest BCUT2D eigenvalue weighted by Gasteiger charge is -2.71. The van der Waals surface area contributed by atoms with E-state index in [0.717, 1.165) is 38.5 Å². The van der Waals surface area contributed by atoms with Gasteiger partial charge in [-0.2, -0.15) is 0 Å². The monoisotopic (exact) mass is 794 g/mol. The summed E-state index contributed by atoms with van der Waals surface area (Å²) in [6.07, 6.45) is -6.88. The normalized spacial score (nSPS) is 54.0. The molecule has 0 aromatic rings. The zero-order valence-corrected chi connectivity index (χ0v) is 33.9. The van der Waals surface area contributed by atoms with E-state index in [1.807, 2.05) is 0 Å². The minimum absolute atomic E-state index is 0.102. The first kappa shape index (κ1) is 42.4. The average molecular weight is 795 g/mol. The largest absolute Gasteiger partial charge is 0.479 e. The fraction of sp³-hybridized carbons (Fsp3) is 0.905. The molecule has 2 saturated heterocycles. The van der Waals surface area contributed by atoms with Crippen LogP contribution in [0.4, 0.5) is 0 Å². The molecule has 2 heterocycles. The van der Waals surface area contributed by atoms with Gasteiger partial charge in [-0.3, -0.25) is 4.79 Å². The van der Waals surface area contributed by atoms with Gasteiger partial charge in [0.25, 0.3) is 0 Å². The van der Waals surface area contributed by atoms with Crippen LogP contribution in [0.15, 0.2) is 11.6 Å². The van der Waals surface area contributed by atoms with Crippen molar-refractivity contribution in [2.45, 2.75) is 174 Å². The van der Waals surface area contributed by atoms with Gasteiger partial charge in [-0.25, -0.2) is 4.79 Å². The van der Waals surface area contributed by atoms with Crippen LogP contribution in [0, 0.1) is 56.7 Å². The van der Waals surface area contributed by atoms with Crippen LogP contribution in [0.1, 0.15) is 106 Å². The fourth-order valence-corrected chi connectivity index (χ4v) is 13.8. The third-order valence-electron chi connectivity index (χ3n) is 17.5. The van der Waals surface area contributed by atoms with Gasteiger partial charge in [0.2, 0.25) is 6.29 Å². The fourth-order valence-electron chi connectivity index (χ4n) is 13.8. The molecule has 5 aliphatic carbocycles. The van der Waals surface area contributed by atoms with Crippen molar-refractivity contribution < 1.29 is 69.4 Å². The lowest BCUT2D eigenvalue weighted by atomic mass is 9.33. The number of carboxylic acid groups (broad SMARTS) is 1. The van der Waals surface area contributed by atoms with Gasteiger partial charge in [-0.05, 0) is 109 Å². The number of ether oxygens (including phenoxy) is 4. The molecule has 0 amide bonds. The van der Waals surface area contributed by atoms with Crippen molar-refractivity contribution in [1.29, 1.82) is 0 Å². The molecule has 20 atom stereocenters. The second-order valence-corrected chi connectivity index (χ2v) is 20.1. The van der Waals surface area contributed by atoms with Crippen LogP contribution in [0.5, 0.6) is 0 Å². The number of carbonyl (C=O) groups excluding carboxylic acids is 1. The van der Waals surface area contributed by atoms with Crippen LogP contribution >= 0.6 is 0 Å². The highest BCUT2D eigenvalue weighted by Gasteiger charge is 2.70. The van der Waals surface area contributed by atoms with Gasteiger partial charge in [0.05, 0.1) is 18.1 Å². The highest BCUT2D eigenvalue weighted by atomic mass is 16.7. The number of aliphatic carboxylic acids is 1. The lowest BCUT2D eigenvalue weighted by Crippen LogP contribution is -2.66. The van der Waals surface area contributed by atoms with Crippen LogP contribution in [-0.2, 0) is 28.5 Å². The SMILES string of the molecule is C[C@H]1[C@H](C)CC[C@]2(C(=O)O[C@H]3O[C@H](CO)[C@H](O)[C@H](O)[C@@H]3O)CC[C@]3(C)C(=CC[C@@H]4[C@@]5(C)CC[C@H](O[C@@H]6O[C@H](C(=O)O)[C@@H](O)[C@H](O)[C@H]6O)C(C)(C)[C@H]5CC[C@]43C)[C@H]12. The predicted octanol–water partition coefficient (Wildman–Crippen LogP) is 2.26. The summed E-state index contributed by atoms with van der Waals surface area (Å²) in [6, 6.07) is 0. The molecule has 318 valence electrons. The van der Waals surface area contributed by atoms with Gasteiger partial charge < -0.3 is 59.8 Å². The zero-order chi connectivity index (χ0) is 41.1. The Hall–Kier alpha value is -1.72. The molecule has 0 bridgehead atoms. The Bertz CT molecular complexity index is 1550. The third kappa shape index (κ3) is 6.01. The maximum absolute atomic E-state index is 14.6. The molecule has 2 aliphatic heterocycles. The first-order chi connectivity index (χ1) is 26.1. The Kier molecular flexibility index (Phi) is 11.0. The minimum Gasteiger partial charge on any atom is -0.479 e. The molecule has 0 aromatic heterocycles. The second kappa shape index (κ2) is 14.5. The average Bonchev–Trinajstić information content (AvgIpc) is 3.14. The summed E-state index contributed by atoms with van der Waals surface area (Å²) in [5, 5.41) is 82.5. The summed E-state index contributed by atoms with van der Waals surface area (Å²) in [6.45, 7) is 15.5. The number of esters is 1. The number of hydrogen-bond donors (Lipinski definition) is 8. The predicted molar refractivity (Wildman–Crippen MR) is 198 cm³/mol. The van der Waals surface area contributed by atoms with E-state index in [1.54, 1.807) is 0 Å². The Morgan fingerprint density at radius 1 is 0.768 bits per heavy atom. The van der Waals surface area contributed by atoms with Crippen LogP contribution in [-0.4, -0.2) is 127 Å². The van der Waals surface area contributed by atoms with Gasteiger partial charge >= 0.3 is 11.9 Å². The van der Waals surface area contributed by atoms with Crippen molar-refractivity contribution in [3.05, 3.63) is 11.6 Å². The van der Waals surface area contributed by atoms with E-state index in [1.165, 1.54) is 5.57 Å². The molecule has 7 rings (SSSR count). The smallest absolute Gasteiger partial charge is 0.335 e. The summed E-state index contributed by atoms with van der Waals surface area (Å²) in [7, 11) is 0. The molecule has 0 radical (unpaired) electrons. The summed E-state index contributed by atoms with van der Waals surface area (Å²) >= 11 is 0. The minimum atomic E-state index is -1.79. The van der Waals surface area contributed by atoms with Gasteiger partial charge in [0, 0.05) is 0 Å². The Balaban J connectivity index is 1.16. The zero-order valence-electron chi connectivity index (χ0n) is 33.9. The lowest BCUT2D eigenvalue weighted by molar-refractivity contribution is -0.324. The highest BCUT2D eigenvalue weighted by molar-refractivity contribution is 5.79. The molecule has 56 heavy (non-hydrogen) atoms. The van der Waals surface area contributed by atoms with E-state index in [9.17, 15) is 50.4 Å². The molecule has 4 saturated carbocycles. The van der Waals surface area contributed by atoms with Gasteiger partial charge in [-0.1, -0.05) is 60.1 Å². The number of carbonyl (C=O) groups is 2. The van der Waals surface area contributed by atoms with Crippen LogP contribution in [0.2, 0.25) is 0 Å². The summed E-state index contributed by atoms with van der Waals surface area (Å²) in [4.78, 5) is 26.4. The first-order valence-corrected chi connectivity index (χ1v) is 20.9. The van der Waals surface area contributed by atoms with E-state index in [4.69, 9.17) is 18.9 Å². The first-order valence-electron chi connectivity index (χ1n) is 20.9. The van der Waals surface area contributed by atoms with E-state index in [-0.39, 0.29) is 34.0 Å². The maximum atomic E-state index is 14.6. The number of rotatable bonds is 6. The summed E-state index contributed by atoms with van der Waals surface area (Å²) < 4.78 is 23.6. The molecule has 0 unspecified atom stereocenters. The van der Waals surface area contributed by atoms with E-state index in [2.05, 4.69) is 54.5 Å². The highest BCUT2D eigenvalue weighted by Crippen LogP contribution is 2.76. The standard InChI is InChI=1S/C42H66O14/c1-19-10-15-42(37(52)56-35-31(48)28(45)27(44)22(18-43)53-35)17-16-40(6)21(26(42)20(19)2)8-9-24-39(5)13-12-25(38(3,4)23(39)11-14-41(24,40)7)54-36-32(49)29(46)30(47)33(55-36)34(50)51/h8,19-20,22-33,35-36,43-49H,9-18H2,1-7H3,(H,50,51)/t19-,20+,22-,23-,24-,25+,26+,27+,28+,29+,30+,31+,32-,33+,35-,36-,39+,40-,41-,42+/m1/s1. The van der Waals surface area contributed by atoms with Gasteiger partial charge in [0.1, 0.15) is 42.7 Å². The molecule has 6 fully saturated rings. The molecular formula is C42H66O14. The number of aliphatic hydroxyl groups excluding tert-OH is 7. The van der Waals surface area contributed by atoms with Gasteiger partial charge in [0.15, 0.2) is 12.4 Å². The Morgan fingerprint density at radius 2 is 1.43 bits per heavy atom. The van der Waals surface area contributed by atoms with Crippen molar-refractivity contribution >= 4 is 11.9 Å². The van der Waals surface area contributed by atoms with Crippen molar-refractivity contribution in [3.63, 3.8) is 0 Å². The molecule has 7 aliphatic rings. The second-order valence-electron chi connectivity index (χ2n) is 20.1. The summed E-state index contributed by atoms with van der Waals surface area (Å²) in [5.74, 6) is -1.00. The molecule has 0 aromatic carbocycles. The van der Waals surface area contributed by atoms with Crippen molar-refractivity contribution in [2.24, 2.45) is 56.7 Å². The Labute approximate surface area is 329 Å². The van der Waals surface area contributed by atoms with Crippen molar-refractivity contribution in [3.8, 4) is 0 Å². The number of hydrogen-bond acceptors (Lipinski definition) is 13. The van der Waals surface area contributed by atoms with Crippen LogP contribution in [0.25, 0.3) is 0 Å². The quantitative estimate of drug-likeness (QED) is 0.110. The number of fused-ring (bicyclic) bond motifs is 7. The third-order valence-corrected chi connectivity index (χ3v) is 17.5. The van der Waals surface area contributed by atoms with E-state index in [0.29, 0.717) is 31.1 Å². The molecular weight excluding hydrogens is 728 g/mol. The molecule has 14 heteroatoms.